The molecule has 1 aliphatic rings. The number of aryl methyl sites for hydroxylation is 1. The van der Waals surface area contributed by atoms with Gasteiger partial charge in [0.25, 0.3) is 0 Å². The van der Waals surface area contributed by atoms with Crippen LogP contribution in [0.5, 0.6) is 0 Å². The fraction of sp³-hybridized carbons (Fsp3) is 0.533. The lowest BCUT2D eigenvalue weighted by Crippen LogP contribution is -2.41. The number of rotatable bonds is 7. The van der Waals surface area contributed by atoms with Crippen molar-refractivity contribution in [3.8, 4) is 0 Å². The van der Waals surface area contributed by atoms with E-state index in [-0.39, 0.29) is 24.4 Å². The first kappa shape index (κ1) is 15.7. The fourth-order valence-electron chi connectivity index (χ4n) is 2.19. The standard InChI is InChI=1S/C15H21N3O2S/c1-4-13(20)18(5-2)9-12(19)17-14(11-6-7-11)15-16-8-10(3)21-15/h4,8,11,14H,1,5-7,9H2,2-3H3,(H,17,19). The van der Waals surface area contributed by atoms with Crippen LogP contribution in [0, 0.1) is 12.8 Å². The van der Waals surface area contributed by atoms with E-state index in [9.17, 15) is 9.59 Å². The molecule has 21 heavy (non-hydrogen) atoms. The Morgan fingerprint density at radius 3 is 2.81 bits per heavy atom. The molecule has 0 aromatic carbocycles. The predicted molar refractivity (Wildman–Crippen MR) is 82.9 cm³/mol. The fourth-order valence-corrected chi connectivity index (χ4v) is 3.11. The Morgan fingerprint density at radius 1 is 1.62 bits per heavy atom. The zero-order chi connectivity index (χ0) is 15.4. The normalized spacial score (nSPS) is 15.3. The Bertz CT molecular complexity index is 537. The minimum atomic E-state index is -0.222. The minimum absolute atomic E-state index is 0.0197. The van der Waals surface area contributed by atoms with E-state index in [1.54, 1.807) is 11.3 Å². The molecular formula is C15H21N3O2S. The zero-order valence-corrected chi connectivity index (χ0v) is 13.3. The highest BCUT2D eigenvalue weighted by Crippen LogP contribution is 2.41. The molecule has 1 unspecified atom stereocenters. The van der Waals surface area contributed by atoms with Gasteiger partial charge in [0.15, 0.2) is 0 Å². The van der Waals surface area contributed by atoms with Crippen molar-refractivity contribution in [1.29, 1.82) is 0 Å². The number of aromatic nitrogens is 1. The average molecular weight is 307 g/mol. The molecule has 1 N–H and O–H groups in total. The Kier molecular flexibility index (Phi) is 5.12. The quantitative estimate of drug-likeness (QED) is 0.784. The topological polar surface area (TPSA) is 62.3 Å². The third kappa shape index (κ3) is 4.14. The molecule has 0 aliphatic heterocycles. The van der Waals surface area contributed by atoms with Gasteiger partial charge in [-0.25, -0.2) is 4.98 Å². The number of nitrogens with one attached hydrogen (secondary N) is 1. The molecule has 1 fully saturated rings. The molecule has 5 nitrogen and oxygen atoms in total. The van der Waals surface area contributed by atoms with Crippen molar-refractivity contribution >= 4 is 23.2 Å². The summed E-state index contributed by atoms with van der Waals surface area (Å²) in [5, 5.41) is 3.99. The number of carbonyl (C=O) groups is 2. The van der Waals surface area contributed by atoms with E-state index < -0.39 is 0 Å². The van der Waals surface area contributed by atoms with Crippen LogP contribution in [0.2, 0.25) is 0 Å². The van der Waals surface area contributed by atoms with Gasteiger partial charge in [-0.3, -0.25) is 9.59 Å². The molecule has 1 aromatic heterocycles. The molecule has 1 aromatic rings. The van der Waals surface area contributed by atoms with E-state index in [2.05, 4.69) is 16.9 Å². The van der Waals surface area contributed by atoms with Crippen LogP contribution in [0.25, 0.3) is 0 Å². The third-order valence-corrected chi connectivity index (χ3v) is 4.51. The molecular weight excluding hydrogens is 286 g/mol. The van der Waals surface area contributed by atoms with Gasteiger partial charge in [-0.15, -0.1) is 11.3 Å². The van der Waals surface area contributed by atoms with Gasteiger partial charge in [0.2, 0.25) is 11.8 Å². The average Bonchev–Trinajstić information content (AvgIpc) is 3.23. The van der Waals surface area contributed by atoms with E-state index in [4.69, 9.17) is 0 Å². The maximum Gasteiger partial charge on any atom is 0.246 e. The molecule has 114 valence electrons. The largest absolute Gasteiger partial charge is 0.345 e. The lowest BCUT2D eigenvalue weighted by molar-refractivity contribution is -0.132. The van der Waals surface area contributed by atoms with Gasteiger partial charge in [-0.05, 0) is 38.7 Å². The summed E-state index contributed by atoms with van der Waals surface area (Å²) in [4.78, 5) is 30.8. The molecule has 1 heterocycles. The van der Waals surface area contributed by atoms with Crippen LogP contribution in [0.15, 0.2) is 18.9 Å². The van der Waals surface area contributed by atoms with E-state index >= 15 is 0 Å². The summed E-state index contributed by atoms with van der Waals surface area (Å²) in [6.45, 7) is 7.86. The van der Waals surface area contributed by atoms with Crippen molar-refractivity contribution in [3.63, 3.8) is 0 Å². The number of nitrogens with zero attached hydrogens (tertiary/aromatic N) is 2. The second-order valence-corrected chi connectivity index (χ2v) is 6.51. The molecule has 1 aliphatic carbocycles. The van der Waals surface area contributed by atoms with Gasteiger partial charge < -0.3 is 10.2 Å². The number of thiazole rings is 1. The van der Waals surface area contributed by atoms with Gasteiger partial charge in [0.05, 0.1) is 12.6 Å². The van der Waals surface area contributed by atoms with E-state index in [0.717, 1.165) is 22.7 Å². The minimum Gasteiger partial charge on any atom is -0.345 e. The van der Waals surface area contributed by atoms with E-state index in [0.29, 0.717) is 12.5 Å². The molecule has 0 bridgehead atoms. The Balaban J connectivity index is 1.99. The number of hydrogen-bond donors (Lipinski definition) is 1. The van der Waals surface area contributed by atoms with Crippen LogP contribution in [0.3, 0.4) is 0 Å². The first-order chi connectivity index (χ1) is 10.0. The summed E-state index contributed by atoms with van der Waals surface area (Å²) in [5.41, 5.74) is 0. The highest BCUT2D eigenvalue weighted by atomic mass is 32.1. The van der Waals surface area contributed by atoms with Gasteiger partial charge in [-0.2, -0.15) is 0 Å². The number of amides is 2. The summed E-state index contributed by atoms with van der Waals surface area (Å²) in [6, 6.07) is -0.0197. The first-order valence-electron chi connectivity index (χ1n) is 7.18. The summed E-state index contributed by atoms with van der Waals surface area (Å²) >= 11 is 1.62. The maximum atomic E-state index is 12.2. The van der Waals surface area contributed by atoms with Crippen LogP contribution in [0.1, 0.15) is 35.7 Å². The van der Waals surface area contributed by atoms with Crippen molar-refractivity contribution in [2.45, 2.75) is 32.7 Å². The van der Waals surface area contributed by atoms with Crippen LogP contribution in [-0.2, 0) is 9.59 Å². The van der Waals surface area contributed by atoms with Crippen molar-refractivity contribution in [2.75, 3.05) is 13.1 Å². The Morgan fingerprint density at radius 2 is 2.33 bits per heavy atom. The van der Waals surface area contributed by atoms with E-state index in [1.807, 2.05) is 20.0 Å². The molecule has 2 amide bonds. The molecule has 0 radical (unpaired) electrons. The van der Waals surface area contributed by atoms with Crippen LogP contribution in [-0.4, -0.2) is 34.8 Å². The van der Waals surface area contributed by atoms with Crippen LogP contribution >= 0.6 is 11.3 Å². The summed E-state index contributed by atoms with van der Waals surface area (Å²) < 4.78 is 0. The van der Waals surface area contributed by atoms with Crippen molar-refractivity contribution in [2.24, 2.45) is 5.92 Å². The summed E-state index contributed by atoms with van der Waals surface area (Å²) in [6.07, 6.45) is 5.31. The molecule has 1 saturated carbocycles. The Hall–Kier alpha value is -1.69. The zero-order valence-electron chi connectivity index (χ0n) is 12.5. The van der Waals surface area contributed by atoms with Gasteiger partial charge in [-0.1, -0.05) is 6.58 Å². The lowest BCUT2D eigenvalue weighted by Gasteiger charge is -2.21. The number of carbonyl (C=O) groups excluding carboxylic acids is 2. The Labute approximate surface area is 129 Å². The smallest absolute Gasteiger partial charge is 0.246 e. The van der Waals surface area contributed by atoms with Crippen LogP contribution in [0.4, 0.5) is 0 Å². The van der Waals surface area contributed by atoms with Gasteiger partial charge in [0.1, 0.15) is 5.01 Å². The molecule has 0 spiro atoms. The van der Waals surface area contributed by atoms with Gasteiger partial charge in [0, 0.05) is 17.6 Å². The molecule has 6 heteroatoms. The highest BCUT2D eigenvalue weighted by Gasteiger charge is 2.35. The second-order valence-electron chi connectivity index (χ2n) is 5.25. The SMILES string of the molecule is C=CC(=O)N(CC)CC(=O)NC(c1ncc(C)s1)C1CC1. The van der Waals surface area contributed by atoms with E-state index in [1.165, 1.54) is 11.0 Å². The second kappa shape index (κ2) is 6.85. The van der Waals surface area contributed by atoms with Crippen molar-refractivity contribution in [1.82, 2.24) is 15.2 Å². The molecule has 2 rings (SSSR count). The number of likely N-dealkylation sites (N-methyl/N-ethyl adjacent to an activating group) is 1. The lowest BCUT2D eigenvalue weighted by atomic mass is 10.2. The van der Waals surface area contributed by atoms with Crippen LogP contribution < -0.4 is 5.32 Å². The summed E-state index contributed by atoms with van der Waals surface area (Å²) in [7, 11) is 0. The summed E-state index contributed by atoms with van der Waals surface area (Å²) in [5.74, 6) is 0.113. The molecule has 1 atom stereocenters. The monoisotopic (exact) mass is 307 g/mol. The highest BCUT2D eigenvalue weighted by molar-refractivity contribution is 7.11. The first-order valence-corrected chi connectivity index (χ1v) is 7.99. The van der Waals surface area contributed by atoms with Gasteiger partial charge >= 0.3 is 0 Å². The van der Waals surface area contributed by atoms with Crippen molar-refractivity contribution in [3.05, 3.63) is 28.7 Å². The third-order valence-electron chi connectivity index (χ3n) is 3.52. The number of hydrogen-bond acceptors (Lipinski definition) is 4. The maximum absolute atomic E-state index is 12.2. The molecule has 0 saturated heterocycles. The predicted octanol–water partition coefficient (Wildman–Crippen LogP) is 2.05. The van der Waals surface area contributed by atoms with Crippen molar-refractivity contribution < 1.29 is 9.59 Å².